The molecule has 1 aliphatic rings. The number of hydrogen-bond acceptors (Lipinski definition) is 4. The summed E-state index contributed by atoms with van der Waals surface area (Å²) >= 11 is 1.80. The van der Waals surface area contributed by atoms with Gasteiger partial charge in [-0.05, 0) is 42.8 Å². The van der Waals surface area contributed by atoms with Gasteiger partial charge in [0.1, 0.15) is 5.82 Å². The standard InChI is InChI=1S/C16H23N3S/c1-12(2)10-17-11-13-4-3-8-19(13)16-14-6-9-20-15(14)5-7-18-16/h5-7,9,12-13,17H,3-4,8,10-11H2,1-2H3. The third-order valence-electron chi connectivity index (χ3n) is 3.94. The Morgan fingerprint density at radius 2 is 2.35 bits per heavy atom. The van der Waals surface area contributed by atoms with Gasteiger partial charge in [0.15, 0.2) is 0 Å². The lowest BCUT2D eigenvalue weighted by atomic mass is 10.2. The van der Waals surface area contributed by atoms with Gasteiger partial charge in [-0.2, -0.15) is 0 Å². The van der Waals surface area contributed by atoms with Gasteiger partial charge in [-0.3, -0.25) is 0 Å². The van der Waals surface area contributed by atoms with E-state index in [2.05, 4.69) is 46.6 Å². The Labute approximate surface area is 125 Å². The number of hydrogen-bond donors (Lipinski definition) is 1. The van der Waals surface area contributed by atoms with Crippen molar-refractivity contribution >= 4 is 27.2 Å². The fourth-order valence-electron chi connectivity index (χ4n) is 2.97. The smallest absolute Gasteiger partial charge is 0.137 e. The Balaban J connectivity index is 1.76. The fourth-order valence-corrected chi connectivity index (χ4v) is 3.75. The number of anilines is 1. The summed E-state index contributed by atoms with van der Waals surface area (Å²) in [5.74, 6) is 1.89. The molecule has 1 saturated heterocycles. The maximum atomic E-state index is 4.66. The van der Waals surface area contributed by atoms with E-state index < -0.39 is 0 Å². The van der Waals surface area contributed by atoms with Crippen LogP contribution in [0.15, 0.2) is 23.7 Å². The summed E-state index contributed by atoms with van der Waals surface area (Å²) in [7, 11) is 0. The molecule has 0 aromatic carbocycles. The molecule has 1 aliphatic heterocycles. The minimum Gasteiger partial charge on any atom is -0.352 e. The van der Waals surface area contributed by atoms with E-state index in [1.165, 1.54) is 28.7 Å². The summed E-state index contributed by atoms with van der Waals surface area (Å²) in [6.45, 7) is 7.82. The lowest BCUT2D eigenvalue weighted by molar-refractivity contribution is 0.511. The van der Waals surface area contributed by atoms with Crippen molar-refractivity contribution < 1.29 is 0 Å². The lowest BCUT2D eigenvalue weighted by Crippen LogP contribution is -2.39. The lowest BCUT2D eigenvalue weighted by Gasteiger charge is -2.27. The van der Waals surface area contributed by atoms with E-state index in [1.54, 1.807) is 11.3 Å². The zero-order valence-corrected chi connectivity index (χ0v) is 13.1. The Bertz CT molecular complexity index is 564. The first-order valence-electron chi connectivity index (χ1n) is 7.55. The van der Waals surface area contributed by atoms with Crippen LogP contribution in [-0.2, 0) is 0 Å². The Morgan fingerprint density at radius 1 is 1.45 bits per heavy atom. The van der Waals surface area contributed by atoms with E-state index in [4.69, 9.17) is 0 Å². The van der Waals surface area contributed by atoms with Gasteiger partial charge in [0.05, 0.1) is 0 Å². The molecule has 2 aromatic heterocycles. The van der Waals surface area contributed by atoms with Crippen LogP contribution in [0.3, 0.4) is 0 Å². The van der Waals surface area contributed by atoms with E-state index in [9.17, 15) is 0 Å². The number of thiophene rings is 1. The Morgan fingerprint density at radius 3 is 3.20 bits per heavy atom. The van der Waals surface area contributed by atoms with Gasteiger partial charge < -0.3 is 10.2 Å². The summed E-state index contributed by atoms with van der Waals surface area (Å²) in [6, 6.07) is 4.91. The zero-order valence-electron chi connectivity index (χ0n) is 12.3. The Hall–Kier alpha value is -1.13. The minimum atomic E-state index is 0.590. The van der Waals surface area contributed by atoms with Crippen molar-refractivity contribution in [3.05, 3.63) is 23.7 Å². The van der Waals surface area contributed by atoms with Crippen LogP contribution in [0.1, 0.15) is 26.7 Å². The molecule has 2 aromatic rings. The van der Waals surface area contributed by atoms with E-state index in [-0.39, 0.29) is 0 Å². The quantitative estimate of drug-likeness (QED) is 0.913. The zero-order chi connectivity index (χ0) is 13.9. The summed E-state index contributed by atoms with van der Waals surface area (Å²) in [5.41, 5.74) is 0. The van der Waals surface area contributed by atoms with E-state index >= 15 is 0 Å². The molecule has 20 heavy (non-hydrogen) atoms. The molecule has 0 spiro atoms. The predicted molar refractivity (Wildman–Crippen MR) is 87.7 cm³/mol. The first-order valence-corrected chi connectivity index (χ1v) is 8.43. The molecule has 3 rings (SSSR count). The molecule has 0 radical (unpaired) electrons. The molecular weight excluding hydrogens is 266 g/mol. The molecule has 0 amide bonds. The first kappa shape index (κ1) is 13.8. The largest absolute Gasteiger partial charge is 0.352 e. The van der Waals surface area contributed by atoms with Crippen LogP contribution in [0.25, 0.3) is 10.1 Å². The van der Waals surface area contributed by atoms with Crippen molar-refractivity contribution in [1.82, 2.24) is 10.3 Å². The highest BCUT2D eigenvalue weighted by molar-refractivity contribution is 7.17. The van der Waals surface area contributed by atoms with Crippen LogP contribution in [0.4, 0.5) is 5.82 Å². The van der Waals surface area contributed by atoms with Crippen LogP contribution in [0.5, 0.6) is 0 Å². The van der Waals surface area contributed by atoms with Crippen molar-refractivity contribution in [2.24, 2.45) is 5.92 Å². The highest BCUT2D eigenvalue weighted by atomic mass is 32.1. The summed E-state index contributed by atoms with van der Waals surface area (Å²) < 4.78 is 1.34. The molecule has 108 valence electrons. The summed E-state index contributed by atoms with van der Waals surface area (Å²) in [5, 5.41) is 7.08. The average molecular weight is 289 g/mol. The first-order chi connectivity index (χ1) is 9.75. The second-order valence-electron chi connectivity index (χ2n) is 6.01. The van der Waals surface area contributed by atoms with Gasteiger partial charge in [-0.25, -0.2) is 4.98 Å². The van der Waals surface area contributed by atoms with E-state index in [0.29, 0.717) is 12.0 Å². The number of pyridine rings is 1. The van der Waals surface area contributed by atoms with Gasteiger partial charge >= 0.3 is 0 Å². The van der Waals surface area contributed by atoms with Gasteiger partial charge in [0.2, 0.25) is 0 Å². The topological polar surface area (TPSA) is 28.2 Å². The van der Waals surface area contributed by atoms with Crippen molar-refractivity contribution in [1.29, 1.82) is 0 Å². The molecule has 1 N–H and O–H groups in total. The fraction of sp³-hybridized carbons (Fsp3) is 0.562. The number of fused-ring (bicyclic) bond motifs is 1. The van der Waals surface area contributed by atoms with Crippen LogP contribution in [0, 0.1) is 5.92 Å². The third kappa shape index (κ3) is 2.81. The molecule has 0 bridgehead atoms. The molecule has 1 unspecified atom stereocenters. The van der Waals surface area contributed by atoms with Crippen molar-refractivity contribution in [2.45, 2.75) is 32.7 Å². The molecule has 0 aliphatic carbocycles. The monoisotopic (exact) mass is 289 g/mol. The van der Waals surface area contributed by atoms with Gasteiger partial charge in [-0.1, -0.05) is 13.8 Å². The van der Waals surface area contributed by atoms with Gasteiger partial charge in [0, 0.05) is 35.4 Å². The maximum Gasteiger partial charge on any atom is 0.137 e. The SMILES string of the molecule is CC(C)CNCC1CCCN1c1nccc2sccc12. The predicted octanol–water partition coefficient (Wildman–Crippen LogP) is 3.51. The van der Waals surface area contributed by atoms with Crippen LogP contribution in [-0.4, -0.2) is 30.7 Å². The molecule has 1 fully saturated rings. The van der Waals surface area contributed by atoms with Crippen molar-refractivity contribution in [3.8, 4) is 0 Å². The van der Waals surface area contributed by atoms with Crippen LogP contribution in [0.2, 0.25) is 0 Å². The normalized spacial score (nSPS) is 19.4. The molecule has 3 heterocycles. The molecule has 4 heteroatoms. The second kappa shape index (κ2) is 6.10. The van der Waals surface area contributed by atoms with Crippen LogP contribution >= 0.6 is 11.3 Å². The third-order valence-corrected chi connectivity index (χ3v) is 4.82. The van der Waals surface area contributed by atoms with E-state index in [1.807, 2.05) is 6.20 Å². The van der Waals surface area contributed by atoms with Crippen LogP contribution < -0.4 is 10.2 Å². The molecule has 1 atom stereocenters. The minimum absolute atomic E-state index is 0.590. The second-order valence-corrected chi connectivity index (χ2v) is 6.96. The van der Waals surface area contributed by atoms with Crippen molar-refractivity contribution in [3.63, 3.8) is 0 Å². The van der Waals surface area contributed by atoms with E-state index in [0.717, 1.165) is 19.6 Å². The summed E-state index contributed by atoms with van der Waals surface area (Å²) in [6.07, 6.45) is 4.49. The molecule has 3 nitrogen and oxygen atoms in total. The number of aromatic nitrogens is 1. The van der Waals surface area contributed by atoms with Crippen molar-refractivity contribution in [2.75, 3.05) is 24.5 Å². The van der Waals surface area contributed by atoms with Gasteiger partial charge in [-0.15, -0.1) is 11.3 Å². The maximum absolute atomic E-state index is 4.66. The van der Waals surface area contributed by atoms with Gasteiger partial charge in [0.25, 0.3) is 0 Å². The number of rotatable bonds is 5. The molecule has 0 saturated carbocycles. The highest BCUT2D eigenvalue weighted by Crippen LogP contribution is 2.32. The number of nitrogens with one attached hydrogen (secondary N) is 1. The average Bonchev–Trinajstić information content (AvgIpc) is 3.05. The Kier molecular flexibility index (Phi) is 4.22. The molecular formula is C16H23N3S. The number of nitrogens with zero attached hydrogens (tertiary/aromatic N) is 2. The highest BCUT2D eigenvalue weighted by Gasteiger charge is 2.26. The summed E-state index contributed by atoms with van der Waals surface area (Å²) in [4.78, 5) is 7.16.